The zero-order valence-corrected chi connectivity index (χ0v) is 9.77. The number of hydrogen-bond donors (Lipinski definition) is 2. The van der Waals surface area contributed by atoms with Gasteiger partial charge >= 0.3 is 0 Å². The van der Waals surface area contributed by atoms with Crippen molar-refractivity contribution < 1.29 is 4.79 Å². The number of carbonyl (C=O) groups excluding carboxylic acids is 1. The molecule has 1 amide bonds. The number of hydrogen-bond acceptors (Lipinski definition) is 4. The van der Waals surface area contributed by atoms with E-state index in [1.807, 2.05) is 6.92 Å². The molecule has 0 saturated carbocycles. The minimum Gasteiger partial charge on any atom is -0.365 e. The molecule has 0 saturated heterocycles. The summed E-state index contributed by atoms with van der Waals surface area (Å²) in [5.41, 5.74) is 11.5. The standard InChI is InChI=1S/C10H17N3OS/c1-2-7-9(10(12)14)15-8(13-7)5-3-4-6-11/h2-6,11H2,1H3,(H2,12,14). The molecule has 0 aromatic carbocycles. The molecule has 5 heteroatoms. The van der Waals surface area contributed by atoms with Crippen LogP contribution in [0.4, 0.5) is 0 Å². The number of nitrogens with zero attached hydrogens (tertiary/aromatic N) is 1. The maximum atomic E-state index is 11.1. The first-order valence-electron chi connectivity index (χ1n) is 5.17. The summed E-state index contributed by atoms with van der Waals surface area (Å²) in [5.74, 6) is -0.366. The molecule has 0 bridgehead atoms. The Hall–Kier alpha value is -0.940. The summed E-state index contributed by atoms with van der Waals surface area (Å²) in [7, 11) is 0. The van der Waals surface area contributed by atoms with Crippen LogP contribution in [0.15, 0.2) is 0 Å². The van der Waals surface area contributed by atoms with Gasteiger partial charge < -0.3 is 11.5 Å². The first-order chi connectivity index (χ1) is 7.19. The first-order valence-corrected chi connectivity index (χ1v) is 5.99. The first kappa shape index (κ1) is 12.1. The van der Waals surface area contributed by atoms with Gasteiger partial charge in [-0.15, -0.1) is 11.3 Å². The Morgan fingerprint density at radius 3 is 2.67 bits per heavy atom. The third kappa shape index (κ3) is 3.28. The normalized spacial score (nSPS) is 10.5. The van der Waals surface area contributed by atoms with Crippen molar-refractivity contribution in [1.29, 1.82) is 0 Å². The van der Waals surface area contributed by atoms with E-state index in [9.17, 15) is 4.79 Å². The van der Waals surface area contributed by atoms with Crippen LogP contribution in [0.1, 0.15) is 40.1 Å². The summed E-state index contributed by atoms with van der Waals surface area (Å²) in [6, 6.07) is 0. The van der Waals surface area contributed by atoms with Crippen molar-refractivity contribution in [3.8, 4) is 0 Å². The van der Waals surface area contributed by atoms with E-state index in [0.29, 0.717) is 11.4 Å². The Morgan fingerprint density at radius 1 is 1.47 bits per heavy atom. The summed E-state index contributed by atoms with van der Waals surface area (Å²) in [4.78, 5) is 16.1. The predicted molar refractivity (Wildman–Crippen MR) is 62.0 cm³/mol. The number of nitrogens with two attached hydrogens (primary N) is 2. The van der Waals surface area contributed by atoms with Crippen molar-refractivity contribution in [2.75, 3.05) is 6.54 Å². The molecular formula is C10H17N3OS. The molecule has 4 N–H and O–H groups in total. The van der Waals surface area contributed by atoms with Crippen molar-refractivity contribution in [3.63, 3.8) is 0 Å². The van der Waals surface area contributed by atoms with E-state index in [4.69, 9.17) is 11.5 Å². The third-order valence-corrected chi connectivity index (χ3v) is 3.32. The van der Waals surface area contributed by atoms with Gasteiger partial charge in [0.2, 0.25) is 0 Å². The monoisotopic (exact) mass is 227 g/mol. The van der Waals surface area contributed by atoms with Gasteiger partial charge in [-0.1, -0.05) is 6.92 Å². The second-order valence-corrected chi connectivity index (χ2v) is 4.43. The molecule has 0 unspecified atom stereocenters. The molecule has 1 aromatic rings. The molecule has 1 rings (SSSR count). The zero-order chi connectivity index (χ0) is 11.3. The highest BCUT2D eigenvalue weighted by molar-refractivity contribution is 7.13. The lowest BCUT2D eigenvalue weighted by atomic mass is 10.2. The second kappa shape index (κ2) is 5.82. The van der Waals surface area contributed by atoms with Crippen molar-refractivity contribution >= 4 is 17.2 Å². The van der Waals surface area contributed by atoms with E-state index in [2.05, 4.69) is 4.98 Å². The highest BCUT2D eigenvalue weighted by atomic mass is 32.1. The SMILES string of the molecule is CCc1nc(CCCCN)sc1C(N)=O. The van der Waals surface area contributed by atoms with Gasteiger partial charge in [0.15, 0.2) is 0 Å². The number of unbranched alkanes of at least 4 members (excludes halogenated alkanes) is 1. The summed E-state index contributed by atoms with van der Waals surface area (Å²) in [6.07, 6.45) is 3.66. The molecule has 0 radical (unpaired) electrons. The van der Waals surface area contributed by atoms with Gasteiger partial charge in [0, 0.05) is 0 Å². The van der Waals surface area contributed by atoms with Crippen LogP contribution < -0.4 is 11.5 Å². The van der Waals surface area contributed by atoms with E-state index >= 15 is 0 Å². The lowest BCUT2D eigenvalue weighted by molar-refractivity contribution is 0.100. The number of primary amides is 1. The van der Waals surface area contributed by atoms with Crippen LogP contribution >= 0.6 is 11.3 Å². The molecule has 0 aliphatic rings. The van der Waals surface area contributed by atoms with Crippen molar-refractivity contribution in [3.05, 3.63) is 15.6 Å². The van der Waals surface area contributed by atoms with Crippen LogP contribution in [0.3, 0.4) is 0 Å². The van der Waals surface area contributed by atoms with E-state index in [-0.39, 0.29) is 5.91 Å². The topological polar surface area (TPSA) is 82.0 Å². The number of thiazole rings is 1. The van der Waals surface area contributed by atoms with Crippen molar-refractivity contribution in [1.82, 2.24) is 4.98 Å². The van der Waals surface area contributed by atoms with Crippen LogP contribution in [0.2, 0.25) is 0 Å². The summed E-state index contributed by atoms with van der Waals surface area (Å²) < 4.78 is 0. The molecular weight excluding hydrogens is 210 g/mol. The summed E-state index contributed by atoms with van der Waals surface area (Å²) in [6.45, 7) is 2.68. The van der Waals surface area contributed by atoms with E-state index < -0.39 is 0 Å². The zero-order valence-electron chi connectivity index (χ0n) is 8.95. The Bertz CT molecular complexity index is 335. The lowest BCUT2D eigenvalue weighted by Gasteiger charge is -1.93. The maximum absolute atomic E-state index is 11.1. The highest BCUT2D eigenvalue weighted by Gasteiger charge is 2.13. The molecule has 0 fully saturated rings. The number of rotatable bonds is 6. The van der Waals surface area contributed by atoms with Crippen LogP contribution in [0, 0.1) is 0 Å². The molecule has 0 aliphatic heterocycles. The van der Waals surface area contributed by atoms with Gasteiger partial charge in [0.1, 0.15) is 4.88 Å². The van der Waals surface area contributed by atoms with Crippen LogP contribution in [-0.4, -0.2) is 17.4 Å². The molecule has 0 spiro atoms. The average molecular weight is 227 g/mol. The smallest absolute Gasteiger partial charge is 0.260 e. The predicted octanol–water partition coefficient (Wildman–Crippen LogP) is 1.09. The van der Waals surface area contributed by atoms with Crippen LogP contribution in [0.25, 0.3) is 0 Å². The summed E-state index contributed by atoms with van der Waals surface area (Å²) >= 11 is 1.42. The minimum atomic E-state index is -0.366. The quantitative estimate of drug-likeness (QED) is 0.714. The van der Waals surface area contributed by atoms with Gasteiger partial charge in [-0.05, 0) is 32.2 Å². The molecule has 84 valence electrons. The molecule has 4 nitrogen and oxygen atoms in total. The fourth-order valence-corrected chi connectivity index (χ4v) is 2.41. The maximum Gasteiger partial charge on any atom is 0.260 e. The highest BCUT2D eigenvalue weighted by Crippen LogP contribution is 2.20. The van der Waals surface area contributed by atoms with Crippen molar-refractivity contribution in [2.24, 2.45) is 11.5 Å². The van der Waals surface area contributed by atoms with Gasteiger partial charge in [0.25, 0.3) is 5.91 Å². The Labute approximate surface area is 93.7 Å². The Balaban J connectivity index is 2.70. The molecule has 1 heterocycles. The Kier molecular flexibility index (Phi) is 4.71. The fourth-order valence-electron chi connectivity index (χ4n) is 1.36. The van der Waals surface area contributed by atoms with Gasteiger partial charge in [-0.2, -0.15) is 0 Å². The number of carbonyl (C=O) groups is 1. The van der Waals surface area contributed by atoms with Gasteiger partial charge in [-0.25, -0.2) is 4.98 Å². The van der Waals surface area contributed by atoms with Gasteiger partial charge in [0.05, 0.1) is 10.7 Å². The molecule has 1 aromatic heterocycles. The van der Waals surface area contributed by atoms with E-state index in [1.165, 1.54) is 11.3 Å². The van der Waals surface area contributed by atoms with Crippen molar-refractivity contribution in [2.45, 2.75) is 32.6 Å². The van der Waals surface area contributed by atoms with Crippen LogP contribution in [-0.2, 0) is 12.8 Å². The Morgan fingerprint density at radius 2 is 2.20 bits per heavy atom. The molecule has 15 heavy (non-hydrogen) atoms. The van der Waals surface area contributed by atoms with E-state index in [1.54, 1.807) is 0 Å². The molecule has 0 atom stereocenters. The number of aromatic nitrogens is 1. The number of aryl methyl sites for hydroxylation is 2. The lowest BCUT2D eigenvalue weighted by Crippen LogP contribution is -2.11. The van der Waals surface area contributed by atoms with Crippen LogP contribution in [0.5, 0.6) is 0 Å². The largest absolute Gasteiger partial charge is 0.365 e. The van der Waals surface area contributed by atoms with E-state index in [0.717, 1.165) is 36.4 Å². The average Bonchev–Trinajstić information content (AvgIpc) is 2.62. The fraction of sp³-hybridized carbons (Fsp3) is 0.600. The minimum absolute atomic E-state index is 0.366. The molecule has 0 aliphatic carbocycles. The van der Waals surface area contributed by atoms with Gasteiger partial charge in [-0.3, -0.25) is 4.79 Å². The number of amides is 1. The second-order valence-electron chi connectivity index (χ2n) is 3.35. The summed E-state index contributed by atoms with van der Waals surface area (Å²) in [5, 5.41) is 0.995. The third-order valence-electron chi connectivity index (χ3n) is 2.15.